The molecule has 0 aliphatic carbocycles. The average molecular weight is 154 g/mol. The second-order valence-electron chi connectivity index (χ2n) is 1.07. The van der Waals surface area contributed by atoms with Gasteiger partial charge in [-0.3, -0.25) is 4.18 Å². The van der Waals surface area contributed by atoms with E-state index in [-0.39, 0.29) is 12.8 Å². The Hall–Kier alpha value is -0.430. The predicted molar refractivity (Wildman–Crippen MR) is 34.3 cm³/mol. The summed E-state index contributed by atoms with van der Waals surface area (Å²) in [5.41, 5.74) is 0. The van der Waals surface area contributed by atoms with Gasteiger partial charge in [-0.1, -0.05) is 6.08 Å². The molecule has 0 rings (SSSR count). The van der Waals surface area contributed by atoms with E-state index in [9.17, 15) is 8.42 Å². The van der Waals surface area contributed by atoms with Crippen LogP contribution >= 0.6 is 0 Å². The van der Waals surface area contributed by atoms with Gasteiger partial charge in [-0.25, -0.2) is 5.14 Å². The summed E-state index contributed by atoms with van der Waals surface area (Å²) in [6.07, 6.45) is 1.30. The smallest absolute Gasteiger partial charge is 0.333 e. The lowest BCUT2D eigenvalue weighted by Gasteiger charge is -1.91. The molecule has 56 valence electrons. The molecule has 6 heteroatoms. The average Bonchev–Trinajstić information content (AvgIpc) is 1.59. The van der Waals surface area contributed by atoms with Crippen LogP contribution in [0, 0.1) is 0 Å². The summed E-state index contributed by atoms with van der Waals surface area (Å²) >= 11 is 0. The molecule has 0 saturated carbocycles. The quantitative estimate of drug-likeness (QED) is 0.537. The third-order valence-corrected chi connectivity index (χ3v) is 0.815. The fourth-order valence-corrected chi connectivity index (χ4v) is 0.429. The van der Waals surface area contributed by atoms with Crippen molar-refractivity contribution in [2.45, 2.75) is 0 Å². The Morgan fingerprint density at radius 2 is 2.11 bits per heavy atom. The minimum atomic E-state index is -3.76. The number of hydrogen-bond acceptors (Lipinski definition) is 4. The maximum Gasteiger partial charge on any atom is 0.333 e. The van der Waals surface area contributed by atoms with Gasteiger partial charge in [0.25, 0.3) is 0 Å². The highest BCUT2D eigenvalue weighted by Crippen LogP contribution is 1.79. The summed E-state index contributed by atoms with van der Waals surface area (Å²) in [4.78, 5) is 0. The van der Waals surface area contributed by atoms with Gasteiger partial charge in [-0.05, 0) is 0 Å². The highest BCUT2D eigenvalue weighted by Gasteiger charge is 1.96. The van der Waals surface area contributed by atoms with Crippen LogP contribution in [0.15, 0.2) is 12.7 Å². The van der Waals surface area contributed by atoms with Crippen molar-refractivity contribution in [3.8, 4) is 0 Å². The van der Waals surface area contributed by atoms with E-state index >= 15 is 0 Å². The molecule has 0 saturated heterocycles. The van der Waals surface area contributed by atoms with Gasteiger partial charge in [-0.15, -0.1) is 6.58 Å². The minimum absolute atomic E-state index is 0. The third-order valence-electron chi connectivity index (χ3n) is 0.350. The predicted octanol–water partition coefficient (Wildman–Crippen LogP) is -0.445. The van der Waals surface area contributed by atoms with Crippen molar-refractivity contribution in [1.82, 2.24) is 6.15 Å². The molecular weight excluding hydrogens is 144 g/mol. The van der Waals surface area contributed by atoms with Crippen LogP contribution in [-0.2, 0) is 14.5 Å². The zero-order valence-electron chi connectivity index (χ0n) is 4.91. The molecular formula is C3H10N2O3S. The monoisotopic (exact) mass is 154 g/mol. The van der Waals surface area contributed by atoms with Gasteiger partial charge in [0.15, 0.2) is 0 Å². The van der Waals surface area contributed by atoms with Crippen LogP contribution in [0.4, 0.5) is 0 Å². The highest BCUT2D eigenvalue weighted by molar-refractivity contribution is 7.84. The van der Waals surface area contributed by atoms with Gasteiger partial charge in [-0.2, -0.15) is 8.42 Å². The summed E-state index contributed by atoms with van der Waals surface area (Å²) in [6, 6.07) is 0. The molecule has 5 nitrogen and oxygen atoms in total. The van der Waals surface area contributed by atoms with Gasteiger partial charge in [0, 0.05) is 0 Å². The van der Waals surface area contributed by atoms with Gasteiger partial charge in [0.05, 0.1) is 6.61 Å². The van der Waals surface area contributed by atoms with Crippen molar-refractivity contribution in [3.05, 3.63) is 12.7 Å². The Labute approximate surface area is 54.3 Å². The van der Waals surface area contributed by atoms with Crippen LogP contribution in [-0.4, -0.2) is 15.0 Å². The normalized spacial score (nSPS) is 9.89. The Balaban J connectivity index is 0. The fourth-order valence-electron chi connectivity index (χ4n) is 0.143. The van der Waals surface area contributed by atoms with Crippen LogP contribution < -0.4 is 11.3 Å². The summed E-state index contributed by atoms with van der Waals surface area (Å²) < 4.78 is 23.8. The summed E-state index contributed by atoms with van der Waals surface area (Å²) in [5, 5.41) is 4.42. The van der Waals surface area contributed by atoms with E-state index in [1.807, 2.05) is 0 Å². The molecule has 0 aromatic carbocycles. The molecule has 0 atom stereocenters. The van der Waals surface area contributed by atoms with Gasteiger partial charge >= 0.3 is 10.3 Å². The first kappa shape index (κ1) is 11.4. The molecule has 0 radical (unpaired) electrons. The molecule has 0 spiro atoms. The lowest BCUT2D eigenvalue weighted by Crippen LogP contribution is -2.15. The molecule has 0 aromatic rings. The lowest BCUT2D eigenvalue weighted by atomic mass is 10.7. The van der Waals surface area contributed by atoms with Crippen molar-refractivity contribution in [3.63, 3.8) is 0 Å². The van der Waals surface area contributed by atoms with E-state index < -0.39 is 10.3 Å². The van der Waals surface area contributed by atoms with Crippen molar-refractivity contribution >= 4 is 10.3 Å². The van der Waals surface area contributed by atoms with Gasteiger partial charge in [0.2, 0.25) is 0 Å². The van der Waals surface area contributed by atoms with E-state index in [0.717, 1.165) is 0 Å². The zero-order chi connectivity index (χ0) is 6.62. The summed E-state index contributed by atoms with van der Waals surface area (Å²) in [5.74, 6) is 0. The summed E-state index contributed by atoms with van der Waals surface area (Å²) in [6.45, 7) is 3.15. The van der Waals surface area contributed by atoms with Crippen LogP contribution in [0.5, 0.6) is 0 Å². The Kier molecular flexibility index (Phi) is 5.62. The van der Waals surface area contributed by atoms with E-state index in [1.54, 1.807) is 0 Å². The molecule has 0 aliphatic rings. The maximum atomic E-state index is 9.90. The molecule has 0 aromatic heterocycles. The van der Waals surface area contributed by atoms with E-state index in [1.165, 1.54) is 6.08 Å². The molecule has 0 heterocycles. The second kappa shape index (κ2) is 4.45. The minimum Gasteiger partial charge on any atom is -0.344 e. The molecule has 5 N–H and O–H groups in total. The first-order valence-corrected chi connectivity index (χ1v) is 3.31. The number of rotatable bonds is 3. The highest BCUT2D eigenvalue weighted by atomic mass is 32.2. The van der Waals surface area contributed by atoms with Gasteiger partial charge in [0.1, 0.15) is 0 Å². The zero-order valence-corrected chi connectivity index (χ0v) is 5.73. The largest absolute Gasteiger partial charge is 0.344 e. The second-order valence-corrected chi connectivity index (χ2v) is 2.29. The molecule has 0 aliphatic heterocycles. The van der Waals surface area contributed by atoms with Gasteiger partial charge < -0.3 is 6.15 Å². The van der Waals surface area contributed by atoms with Crippen molar-refractivity contribution < 1.29 is 12.6 Å². The third kappa shape index (κ3) is 11.2. The van der Waals surface area contributed by atoms with Crippen LogP contribution in [0.3, 0.4) is 0 Å². The first-order chi connectivity index (χ1) is 3.56. The van der Waals surface area contributed by atoms with Crippen molar-refractivity contribution in [2.24, 2.45) is 5.14 Å². The van der Waals surface area contributed by atoms with E-state index in [0.29, 0.717) is 0 Å². The number of hydrogen-bond donors (Lipinski definition) is 2. The standard InChI is InChI=1S/C3H7NO3S.H3N/c1-2-3-7-8(4,5)6;/h2H,1,3H2,(H2,4,5,6);1H3. The maximum absolute atomic E-state index is 9.90. The Bertz CT molecular complexity index is 162. The topological polar surface area (TPSA) is 104 Å². The van der Waals surface area contributed by atoms with E-state index in [4.69, 9.17) is 0 Å². The van der Waals surface area contributed by atoms with Crippen LogP contribution in [0.25, 0.3) is 0 Å². The van der Waals surface area contributed by atoms with Crippen LogP contribution in [0.2, 0.25) is 0 Å². The van der Waals surface area contributed by atoms with Crippen molar-refractivity contribution in [1.29, 1.82) is 0 Å². The Morgan fingerprint density at radius 1 is 1.67 bits per heavy atom. The molecule has 0 bridgehead atoms. The summed E-state index contributed by atoms with van der Waals surface area (Å²) in [7, 11) is -3.76. The fraction of sp³-hybridized carbons (Fsp3) is 0.333. The molecule has 0 unspecified atom stereocenters. The van der Waals surface area contributed by atoms with E-state index in [2.05, 4.69) is 15.9 Å². The molecule has 0 amide bonds. The van der Waals surface area contributed by atoms with Crippen LogP contribution in [0.1, 0.15) is 0 Å². The molecule has 0 fully saturated rings. The Morgan fingerprint density at radius 3 is 2.22 bits per heavy atom. The first-order valence-electron chi connectivity index (χ1n) is 1.84. The lowest BCUT2D eigenvalue weighted by molar-refractivity contribution is 0.358. The SMILES string of the molecule is C=CCOS(N)(=O)=O.N. The number of nitrogens with two attached hydrogens (primary N) is 1. The van der Waals surface area contributed by atoms with Crippen molar-refractivity contribution in [2.75, 3.05) is 6.61 Å². The molecule has 9 heavy (non-hydrogen) atoms.